The Hall–Kier alpha value is -1.17. The van der Waals surface area contributed by atoms with Gasteiger partial charge in [0.05, 0.1) is 11.9 Å². The van der Waals surface area contributed by atoms with Crippen LogP contribution in [0.15, 0.2) is 18.3 Å². The van der Waals surface area contributed by atoms with Gasteiger partial charge in [0.25, 0.3) is 0 Å². The number of pyridine rings is 1. The predicted molar refractivity (Wildman–Crippen MR) is 35.2 cm³/mol. The van der Waals surface area contributed by atoms with E-state index in [2.05, 4.69) is 4.98 Å². The van der Waals surface area contributed by atoms with E-state index >= 15 is 0 Å². The maximum Gasteiger partial charge on any atom is 0.420 e. The van der Waals surface area contributed by atoms with Gasteiger partial charge < -0.3 is 5.11 Å². The first-order valence-electron chi connectivity index (χ1n) is 3.27. The summed E-state index contributed by atoms with van der Waals surface area (Å²) in [6, 6.07) is 1.59. The predicted octanol–water partition coefficient (Wildman–Crippen LogP) is 1.82. The number of nitrogens with zero attached hydrogens (tertiary/aromatic N) is 1. The SMILES string of the molecule is O[C@H](c1ccc(F)cn1)C(F)(F)F. The van der Waals surface area contributed by atoms with Crippen molar-refractivity contribution in [2.24, 2.45) is 0 Å². The molecule has 0 aliphatic heterocycles. The molecule has 1 heterocycles. The van der Waals surface area contributed by atoms with Crippen LogP contribution in [0.5, 0.6) is 0 Å². The molecule has 6 heteroatoms. The highest BCUT2D eigenvalue weighted by molar-refractivity contribution is 5.09. The summed E-state index contributed by atoms with van der Waals surface area (Å²) >= 11 is 0. The van der Waals surface area contributed by atoms with Crippen LogP contribution < -0.4 is 0 Å². The third kappa shape index (κ3) is 2.38. The molecule has 0 fully saturated rings. The molecular weight excluding hydrogens is 190 g/mol. The number of aliphatic hydroxyl groups is 1. The van der Waals surface area contributed by atoms with Crippen LogP contribution in [0.3, 0.4) is 0 Å². The van der Waals surface area contributed by atoms with Crippen molar-refractivity contribution in [1.82, 2.24) is 4.98 Å². The van der Waals surface area contributed by atoms with Crippen molar-refractivity contribution in [2.75, 3.05) is 0 Å². The van der Waals surface area contributed by atoms with Gasteiger partial charge in [0.15, 0.2) is 6.10 Å². The molecule has 72 valence electrons. The largest absolute Gasteiger partial charge is 0.420 e. The maximum absolute atomic E-state index is 12.2. The zero-order valence-electron chi connectivity index (χ0n) is 6.22. The highest BCUT2D eigenvalue weighted by Crippen LogP contribution is 2.30. The Labute approximate surface area is 70.8 Å². The minimum Gasteiger partial charge on any atom is -0.378 e. The first-order chi connectivity index (χ1) is 5.91. The average Bonchev–Trinajstić information content (AvgIpc) is 2.03. The molecule has 0 unspecified atom stereocenters. The van der Waals surface area contributed by atoms with Crippen LogP contribution in [0, 0.1) is 5.82 Å². The molecule has 2 nitrogen and oxygen atoms in total. The summed E-state index contributed by atoms with van der Waals surface area (Å²) in [5.41, 5.74) is -0.617. The Kier molecular flexibility index (Phi) is 2.51. The molecule has 0 spiro atoms. The lowest BCUT2D eigenvalue weighted by molar-refractivity contribution is -0.208. The number of aliphatic hydroxyl groups excluding tert-OH is 1. The van der Waals surface area contributed by atoms with Gasteiger partial charge in [-0.15, -0.1) is 0 Å². The molecule has 13 heavy (non-hydrogen) atoms. The van der Waals surface area contributed by atoms with Gasteiger partial charge in [-0.1, -0.05) is 0 Å². The zero-order chi connectivity index (χ0) is 10.1. The summed E-state index contributed by atoms with van der Waals surface area (Å²) in [5, 5.41) is 8.64. The molecule has 0 aliphatic carbocycles. The van der Waals surface area contributed by atoms with Crippen molar-refractivity contribution in [3.8, 4) is 0 Å². The van der Waals surface area contributed by atoms with Gasteiger partial charge >= 0.3 is 6.18 Å². The van der Waals surface area contributed by atoms with Gasteiger partial charge in [-0.3, -0.25) is 4.98 Å². The van der Waals surface area contributed by atoms with E-state index in [9.17, 15) is 17.6 Å². The standard InChI is InChI=1S/C7H5F4NO/c8-4-1-2-5(12-3-4)6(13)7(9,10)11/h1-3,6,13H/t6-/m1/s1. The lowest BCUT2D eigenvalue weighted by atomic mass is 10.2. The topological polar surface area (TPSA) is 33.1 Å². The molecule has 0 aliphatic rings. The highest BCUT2D eigenvalue weighted by Gasteiger charge is 2.40. The van der Waals surface area contributed by atoms with E-state index in [0.29, 0.717) is 6.20 Å². The number of halogens is 4. The Morgan fingerprint density at radius 3 is 2.31 bits per heavy atom. The molecular formula is C7H5F4NO. The summed E-state index contributed by atoms with van der Waals surface area (Å²) in [4.78, 5) is 3.10. The minimum absolute atomic E-state index is 0.615. The third-order valence-electron chi connectivity index (χ3n) is 1.34. The molecule has 1 N–H and O–H groups in total. The molecule has 1 aromatic rings. The Morgan fingerprint density at radius 1 is 1.31 bits per heavy atom. The molecule has 0 aromatic carbocycles. The van der Waals surface area contributed by atoms with Crippen molar-refractivity contribution in [3.63, 3.8) is 0 Å². The fourth-order valence-corrected chi connectivity index (χ4v) is 0.717. The van der Waals surface area contributed by atoms with E-state index in [4.69, 9.17) is 5.11 Å². The van der Waals surface area contributed by atoms with Crippen LogP contribution in [-0.4, -0.2) is 16.3 Å². The third-order valence-corrected chi connectivity index (χ3v) is 1.34. The lowest BCUT2D eigenvalue weighted by Gasteiger charge is -2.13. The number of alkyl halides is 3. The maximum atomic E-state index is 12.2. The fourth-order valence-electron chi connectivity index (χ4n) is 0.717. The summed E-state index contributed by atoms with van der Waals surface area (Å²) in [6.07, 6.45) is -6.82. The van der Waals surface area contributed by atoms with Crippen LogP contribution in [-0.2, 0) is 0 Å². The van der Waals surface area contributed by atoms with Crippen LogP contribution in [0.1, 0.15) is 11.8 Å². The van der Waals surface area contributed by atoms with Crippen molar-refractivity contribution in [3.05, 3.63) is 29.8 Å². The smallest absolute Gasteiger partial charge is 0.378 e. The van der Waals surface area contributed by atoms with E-state index in [1.54, 1.807) is 0 Å². The van der Waals surface area contributed by atoms with E-state index < -0.39 is 23.8 Å². The number of hydrogen-bond donors (Lipinski definition) is 1. The van der Waals surface area contributed by atoms with Gasteiger partial charge in [0, 0.05) is 0 Å². The summed E-state index contributed by atoms with van der Waals surface area (Å²) in [5.74, 6) is -0.752. The second-order valence-electron chi connectivity index (χ2n) is 2.35. The van der Waals surface area contributed by atoms with E-state index in [1.807, 2.05) is 0 Å². The zero-order valence-corrected chi connectivity index (χ0v) is 6.22. The van der Waals surface area contributed by atoms with Gasteiger partial charge in [0.2, 0.25) is 0 Å². The van der Waals surface area contributed by atoms with Crippen LogP contribution in [0.2, 0.25) is 0 Å². The van der Waals surface area contributed by atoms with E-state index in [-0.39, 0.29) is 0 Å². The van der Waals surface area contributed by atoms with Crippen molar-refractivity contribution >= 4 is 0 Å². The highest BCUT2D eigenvalue weighted by atomic mass is 19.4. The number of hydrogen-bond acceptors (Lipinski definition) is 2. The van der Waals surface area contributed by atoms with E-state index in [1.165, 1.54) is 0 Å². The monoisotopic (exact) mass is 195 g/mol. The molecule has 0 saturated heterocycles. The van der Waals surface area contributed by atoms with Crippen molar-refractivity contribution < 1.29 is 22.7 Å². The van der Waals surface area contributed by atoms with Crippen LogP contribution in [0.4, 0.5) is 17.6 Å². The Morgan fingerprint density at radius 2 is 1.92 bits per heavy atom. The number of aromatic nitrogens is 1. The van der Waals surface area contributed by atoms with Crippen molar-refractivity contribution in [2.45, 2.75) is 12.3 Å². The molecule has 1 aromatic heterocycles. The molecule has 1 rings (SSSR count). The second kappa shape index (κ2) is 3.29. The van der Waals surface area contributed by atoms with Crippen molar-refractivity contribution in [1.29, 1.82) is 0 Å². The molecule has 0 bridgehead atoms. The quantitative estimate of drug-likeness (QED) is 0.693. The Balaban J connectivity index is 2.90. The summed E-state index contributed by atoms with van der Waals surface area (Å²) < 4.78 is 47.8. The normalized spacial score (nSPS) is 14.2. The lowest BCUT2D eigenvalue weighted by Crippen LogP contribution is -2.21. The summed E-state index contributed by atoms with van der Waals surface area (Å²) in [6.45, 7) is 0. The van der Waals surface area contributed by atoms with Gasteiger partial charge in [-0.2, -0.15) is 13.2 Å². The van der Waals surface area contributed by atoms with E-state index in [0.717, 1.165) is 12.1 Å². The molecule has 0 radical (unpaired) electrons. The van der Waals surface area contributed by atoms with Crippen LogP contribution in [0.25, 0.3) is 0 Å². The van der Waals surface area contributed by atoms with Gasteiger partial charge in [0.1, 0.15) is 5.82 Å². The van der Waals surface area contributed by atoms with Gasteiger partial charge in [-0.05, 0) is 12.1 Å². The molecule has 1 atom stereocenters. The minimum atomic E-state index is -4.77. The number of rotatable bonds is 1. The first kappa shape index (κ1) is 9.91. The first-order valence-corrected chi connectivity index (χ1v) is 3.27. The van der Waals surface area contributed by atoms with Crippen LogP contribution >= 0.6 is 0 Å². The summed E-state index contributed by atoms with van der Waals surface area (Å²) in [7, 11) is 0. The second-order valence-corrected chi connectivity index (χ2v) is 2.35. The fraction of sp³-hybridized carbons (Fsp3) is 0.286. The Bertz CT molecular complexity index is 282. The average molecular weight is 195 g/mol. The molecule has 0 amide bonds. The molecule has 0 saturated carbocycles. The van der Waals surface area contributed by atoms with Gasteiger partial charge in [-0.25, -0.2) is 4.39 Å².